The zero-order chi connectivity index (χ0) is 19.7. The lowest BCUT2D eigenvalue weighted by Crippen LogP contribution is -2.48. The lowest BCUT2D eigenvalue weighted by molar-refractivity contribution is -0.157. The Labute approximate surface area is 157 Å². The van der Waals surface area contributed by atoms with Gasteiger partial charge in [-0.15, -0.1) is 0 Å². The fourth-order valence-electron chi connectivity index (χ4n) is 4.24. The van der Waals surface area contributed by atoms with Crippen LogP contribution in [-0.4, -0.2) is 56.7 Å². The molecule has 1 fully saturated rings. The van der Waals surface area contributed by atoms with E-state index in [4.69, 9.17) is 0 Å². The predicted octanol–water partition coefficient (Wildman–Crippen LogP) is 2.91. The molecule has 0 radical (unpaired) electrons. The van der Waals surface area contributed by atoms with E-state index in [1.165, 1.54) is 18.4 Å². The standard InChI is InChI=1S/C19H25F3N4O/c1-23-17(24-11-16(27)25(2)13-19(20,21)22)26-12-18(9-5-6-10-18)14-7-3-4-8-15(14)26/h3-4,7-8H,5-6,9-13H2,1-2H3,(H,23,24). The summed E-state index contributed by atoms with van der Waals surface area (Å²) < 4.78 is 37.4. The molecular formula is C19H25F3N4O. The van der Waals surface area contributed by atoms with E-state index in [1.807, 2.05) is 18.2 Å². The summed E-state index contributed by atoms with van der Waals surface area (Å²) in [5.41, 5.74) is 2.46. The summed E-state index contributed by atoms with van der Waals surface area (Å²) in [5.74, 6) is -0.114. The second-order valence-electron chi connectivity index (χ2n) is 7.36. The van der Waals surface area contributed by atoms with Gasteiger partial charge in [-0.3, -0.25) is 9.79 Å². The number of aliphatic imine (C=N–C) groups is 1. The lowest BCUT2D eigenvalue weighted by Gasteiger charge is -2.27. The highest BCUT2D eigenvalue weighted by Crippen LogP contribution is 2.50. The van der Waals surface area contributed by atoms with E-state index in [2.05, 4.69) is 21.3 Å². The minimum atomic E-state index is -4.41. The normalized spacial score (nSPS) is 18.7. The van der Waals surface area contributed by atoms with E-state index in [1.54, 1.807) is 7.05 Å². The molecule has 5 nitrogen and oxygen atoms in total. The topological polar surface area (TPSA) is 47.9 Å². The van der Waals surface area contributed by atoms with Crippen LogP contribution in [0.1, 0.15) is 31.2 Å². The van der Waals surface area contributed by atoms with Gasteiger partial charge in [0.05, 0.1) is 6.54 Å². The highest BCUT2D eigenvalue weighted by Gasteiger charge is 2.45. The number of carbonyl (C=O) groups excluding carboxylic acids is 1. The van der Waals surface area contributed by atoms with Gasteiger partial charge in [0.1, 0.15) is 6.54 Å². The molecule has 0 unspecified atom stereocenters. The SMILES string of the molecule is CN=C(NCC(=O)N(C)CC(F)(F)F)N1CC2(CCCC2)c2ccccc21. The molecular weight excluding hydrogens is 357 g/mol. The predicted molar refractivity (Wildman–Crippen MR) is 99.0 cm³/mol. The largest absolute Gasteiger partial charge is 0.406 e. The second kappa shape index (κ2) is 7.40. The van der Waals surface area contributed by atoms with Crippen LogP contribution >= 0.6 is 0 Å². The van der Waals surface area contributed by atoms with Crippen molar-refractivity contribution < 1.29 is 18.0 Å². The Morgan fingerprint density at radius 3 is 2.59 bits per heavy atom. The fraction of sp³-hybridized carbons (Fsp3) is 0.579. The highest BCUT2D eigenvalue weighted by atomic mass is 19.4. The molecule has 1 saturated carbocycles. The Morgan fingerprint density at radius 2 is 1.96 bits per heavy atom. The van der Waals surface area contributed by atoms with Crippen LogP contribution < -0.4 is 10.2 Å². The molecule has 1 heterocycles. The van der Waals surface area contributed by atoms with Crippen LogP contribution in [0.4, 0.5) is 18.9 Å². The molecule has 1 aliphatic heterocycles. The number of carbonyl (C=O) groups is 1. The van der Waals surface area contributed by atoms with Crippen molar-refractivity contribution in [3.63, 3.8) is 0 Å². The summed E-state index contributed by atoms with van der Waals surface area (Å²) in [6.45, 7) is -0.717. The third-order valence-corrected chi connectivity index (χ3v) is 5.50. The first-order valence-electron chi connectivity index (χ1n) is 9.14. The van der Waals surface area contributed by atoms with Crippen LogP contribution in [0.3, 0.4) is 0 Å². The lowest BCUT2D eigenvalue weighted by atomic mass is 9.81. The average Bonchev–Trinajstić information content (AvgIpc) is 3.21. The van der Waals surface area contributed by atoms with Crippen LogP contribution in [0.25, 0.3) is 0 Å². The summed E-state index contributed by atoms with van der Waals surface area (Å²) in [5, 5.41) is 2.94. The van der Waals surface area contributed by atoms with Crippen LogP contribution in [0.15, 0.2) is 29.3 Å². The molecule has 3 rings (SSSR count). The van der Waals surface area contributed by atoms with Gasteiger partial charge in [-0.1, -0.05) is 31.0 Å². The number of nitrogens with zero attached hydrogens (tertiary/aromatic N) is 3. The smallest absolute Gasteiger partial charge is 0.347 e. The number of benzene rings is 1. The van der Waals surface area contributed by atoms with Crippen molar-refractivity contribution in [2.45, 2.75) is 37.3 Å². The van der Waals surface area contributed by atoms with Crippen molar-refractivity contribution in [3.05, 3.63) is 29.8 Å². The molecule has 27 heavy (non-hydrogen) atoms. The van der Waals surface area contributed by atoms with Gasteiger partial charge in [0.25, 0.3) is 0 Å². The maximum atomic E-state index is 12.5. The Hall–Kier alpha value is -2.25. The summed E-state index contributed by atoms with van der Waals surface area (Å²) in [4.78, 5) is 19.0. The zero-order valence-electron chi connectivity index (χ0n) is 15.6. The monoisotopic (exact) mass is 382 g/mol. The second-order valence-corrected chi connectivity index (χ2v) is 7.36. The van der Waals surface area contributed by atoms with Crippen LogP contribution in [-0.2, 0) is 10.2 Å². The number of halogens is 3. The van der Waals surface area contributed by atoms with Crippen molar-refractivity contribution >= 4 is 17.6 Å². The Bertz CT molecular complexity index is 726. The first-order chi connectivity index (χ1) is 12.8. The molecule has 0 atom stereocenters. The first kappa shape index (κ1) is 19.5. The quantitative estimate of drug-likeness (QED) is 0.646. The summed E-state index contributed by atoms with van der Waals surface area (Å²) in [6, 6.07) is 8.19. The van der Waals surface area contributed by atoms with Crippen molar-refractivity contribution in [1.82, 2.24) is 10.2 Å². The number of hydrogen-bond donors (Lipinski definition) is 1. The van der Waals surface area contributed by atoms with Gasteiger partial charge in [0, 0.05) is 31.7 Å². The number of rotatable bonds is 3. The van der Waals surface area contributed by atoms with Gasteiger partial charge >= 0.3 is 6.18 Å². The van der Waals surface area contributed by atoms with E-state index in [0.717, 1.165) is 32.1 Å². The highest BCUT2D eigenvalue weighted by molar-refractivity contribution is 6.00. The van der Waals surface area contributed by atoms with Gasteiger partial charge in [-0.05, 0) is 24.5 Å². The Morgan fingerprint density at radius 1 is 1.30 bits per heavy atom. The number of hydrogen-bond acceptors (Lipinski definition) is 2. The summed E-state index contributed by atoms with van der Waals surface area (Å²) in [6.07, 6.45) is 0.203. The van der Waals surface area contributed by atoms with Gasteiger partial charge in [-0.25, -0.2) is 0 Å². The van der Waals surface area contributed by atoms with E-state index in [-0.39, 0.29) is 12.0 Å². The van der Waals surface area contributed by atoms with Crippen molar-refractivity contribution in [2.75, 3.05) is 38.6 Å². The summed E-state index contributed by atoms with van der Waals surface area (Å²) >= 11 is 0. The van der Waals surface area contributed by atoms with Crippen molar-refractivity contribution in [2.24, 2.45) is 4.99 Å². The third kappa shape index (κ3) is 4.04. The minimum absolute atomic E-state index is 0.102. The molecule has 1 spiro atoms. The fourth-order valence-corrected chi connectivity index (χ4v) is 4.24. The number of nitrogens with one attached hydrogen (secondary N) is 1. The Balaban J connectivity index is 1.71. The summed E-state index contributed by atoms with van der Waals surface area (Å²) in [7, 11) is 2.77. The van der Waals surface area contributed by atoms with Crippen LogP contribution in [0, 0.1) is 0 Å². The van der Waals surface area contributed by atoms with Gasteiger partial charge in [0.15, 0.2) is 5.96 Å². The number of amides is 1. The maximum absolute atomic E-state index is 12.5. The Kier molecular flexibility index (Phi) is 5.35. The first-order valence-corrected chi connectivity index (χ1v) is 9.14. The molecule has 1 amide bonds. The van der Waals surface area contributed by atoms with Crippen LogP contribution in [0.5, 0.6) is 0 Å². The van der Waals surface area contributed by atoms with E-state index in [9.17, 15) is 18.0 Å². The number of anilines is 1. The van der Waals surface area contributed by atoms with Gasteiger partial charge in [0.2, 0.25) is 5.91 Å². The van der Waals surface area contributed by atoms with Crippen molar-refractivity contribution in [1.29, 1.82) is 0 Å². The van der Waals surface area contributed by atoms with E-state index in [0.29, 0.717) is 10.9 Å². The molecule has 0 bridgehead atoms. The number of para-hydroxylation sites is 1. The molecule has 8 heteroatoms. The molecule has 1 aromatic rings. The minimum Gasteiger partial charge on any atom is -0.347 e. The van der Waals surface area contributed by atoms with Crippen LogP contribution in [0.2, 0.25) is 0 Å². The van der Waals surface area contributed by atoms with Gasteiger partial charge in [-0.2, -0.15) is 13.2 Å². The molecule has 0 saturated heterocycles. The number of fused-ring (bicyclic) bond motifs is 2. The molecule has 2 aliphatic rings. The molecule has 1 N–H and O–H groups in total. The van der Waals surface area contributed by atoms with Gasteiger partial charge < -0.3 is 15.1 Å². The molecule has 1 aromatic carbocycles. The third-order valence-electron chi connectivity index (χ3n) is 5.50. The number of likely N-dealkylation sites (N-methyl/N-ethyl adjacent to an activating group) is 1. The molecule has 1 aliphatic carbocycles. The van der Waals surface area contributed by atoms with E-state index >= 15 is 0 Å². The molecule has 148 valence electrons. The zero-order valence-corrected chi connectivity index (χ0v) is 15.6. The number of alkyl halides is 3. The maximum Gasteiger partial charge on any atom is 0.406 e. The number of guanidine groups is 1. The molecule has 0 aromatic heterocycles. The van der Waals surface area contributed by atoms with E-state index < -0.39 is 18.6 Å². The van der Waals surface area contributed by atoms with Crippen molar-refractivity contribution in [3.8, 4) is 0 Å². The average molecular weight is 382 g/mol.